The number of rotatable bonds is 3. The summed E-state index contributed by atoms with van der Waals surface area (Å²) >= 11 is 0. The van der Waals surface area contributed by atoms with Crippen LogP contribution in [0.2, 0.25) is 0 Å². The first-order valence-corrected chi connectivity index (χ1v) is 7.38. The molecule has 1 aliphatic carbocycles. The fraction of sp³-hybridized carbons (Fsp3) is 0.562. The molecule has 1 heterocycles. The van der Waals surface area contributed by atoms with Crippen molar-refractivity contribution in [3.63, 3.8) is 0 Å². The number of benzene rings is 1. The van der Waals surface area contributed by atoms with Gasteiger partial charge in [-0.05, 0) is 43.5 Å². The van der Waals surface area contributed by atoms with Gasteiger partial charge in [0.2, 0.25) is 5.91 Å². The van der Waals surface area contributed by atoms with Crippen LogP contribution in [-0.4, -0.2) is 48.9 Å². The van der Waals surface area contributed by atoms with E-state index in [1.54, 1.807) is 12.1 Å². The van der Waals surface area contributed by atoms with E-state index in [0.717, 1.165) is 44.6 Å². The summed E-state index contributed by atoms with van der Waals surface area (Å²) in [6.45, 7) is 3.48. The molecule has 0 spiro atoms. The highest BCUT2D eigenvalue weighted by atomic mass is 19.1. The van der Waals surface area contributed by atoms with E-state index in [-0.39, 0.29) is 17.6 Å². The monoisotopic (exact) mass is 276 g/mol. The van der Waals surface area contributed by atoms with Crippen molar-refractivity contribution in [2.75, 3.05) is 33.2 Å². The molecule has 1 unspecified atom stereocenters. The zero-order chi connectivity index (χ0) is 14.1. The molecule has 20 heavy (non-hydrogen) atoms. The first-order chi connectivity index (χ1) is 9.65. The topological polar surface area (TPSA) is 23.6 Å². The number of amides is 1. The first kappa shape index (κ1) is 13.6. The van der Waals surface area contributed by atoms with Gasteiger partial charge in [0, 0.05) is 26.2 Å². The summed E-state index contributed by atoms with van der Waals surface area (Å²) in [6.07, 6.45) is 2.23. The molecule has 3 nitrogen and oxygen atoms in total. The van der Waals surface area contributed by atoms with Crippen LogP contribution in [0.4, 0.5) is 4.39 Å². The summed E-state index contributed by atoms with van der Waals surface area (Å²) in [5.74, 6) is 0.370. The molecular formula is C16H21FN2O. The minimum absolute atomic E-state index is 0.0704. The third kappa shape index (κ3) is 2.85. The van der Waals surface area contributed by atoms with Crippen LogP contribution >= 0.6 is 0 Å². The number of carbonyl (C=O) groups excluding carboxylic acids is 1. The van der Waals surface area contributed by atoms with Crippen molar-refractivity contribution >= 4 is 5.91 Å². The molecule has 0 N–H and O–H groups in total. The van der Waals surface area contributed by atoms with Crippen LogP contribution in [-0.2, 0) is 4.79 Å². The second-order valence-corrected chi connectivity index (χ2v) is 6.00. The lowest BCUT2D eigenvalue weighted by Crippen LogP contribution is -2.48. The Bertz CT molecular complexity index is 476. The molecule has 2 fully saturated rings. The molecule has 108 valence electrons. The molecule has 4 heteroatoms. The van der Waals surface area contributed by atoms with Crippen LogP contribution in [0.15, 0.2) is 24.3 Å². The van der Waals surface area contributed by atoms with Crippen molar-refractivity contribution in [1.29, 1.82) is 0 Å². The largest absolute Gasteiger partial charge is 0.340 e. The van der Waals surface area contributed by atoms with E-state index in [2.05, 4.69) is 11.9 Å². The highest BCUT2D eigenvalue weighted by Gasteiger charge is 2.39. The van der Waals surface area contributed by atoms with Gasteiger partial charge in [-0.3, -0.25) is 4.79 Å². The van der Waals surface area contributed by atoms with E-state index in [1.165, 1.54) is 12.1 Å². The van der Waals surface area contributed by atoms with Crippen molar-refractivity contribution in [2.24, 2.45) is 5.92 Å². The lowest BCUT2D eigenvalue weighted by Gasteiger charge is -2.35. The van der Waals surface area contributed by atoms with E-state index >= 15 is 0 Å². The van der Waals surface area contributed by atoms with Gasteiger partial charge in [-0.15, -0.1) is 0 Å². The molecule has 3 rings (SSSR count). The Morgan fingerprint density at radius 3 is 2.30 bits per heavy atom. The third-order valence-corrected chi connectivity index (χ3v) is 4.40. The number of hydrogen-bond acceptors (Lipinski definition) is 2. The quantitative estimate of drug-likeness (QED) is 0.844. The van der Waals surface area contributed by atoms with E-state index in [9.17, 15) is 9.18 Å². The molecule has 1 atom stereocenters. The fourth-order valence-electron chi connectivity index (χ4n) is 2.94. The lowest BCUT2D eigenvalue weighted by molar-refractivity contribution is -0.134. The van der Waals surface area contributed by atoms with Crippen LogP contribution < -0.4 is 0 Å². The average Bonchev–Trinajstić information content (AvgIpc) is 3.26. The average molecular weight is 276 g/mol. The van der Waals surface area contributed by atoms with Crippen LogP contribution in [0.5, 0.6) is 0 Å². The molecule has 1 saturated heterocycles. The predicted molar refractivity (Wildman–Crippen MR) is 75.9 cm³/mol. The second-order valence-electron chi connectivity index (χ2n) is 6.00. The SMILES string of the molecule is CN1CCN(C(=O)C(c2ccc(F)cc2)C2CC2)CC1. The Morgan fingerprint density at radius 2 is 1.75 bits per heavy atom. The van der Waals surface area contributed by atoms with E-state index in [0.29, 0.717) is 5.92 Å². The minimum Gasteiger partial charge on any atom is -0.340 e. The highest BCUT2D eigenvalue weighted by Crippen LogP contribution is 2.43. The molecule has 0 aromatic heterocycles. The van der Waals surface area contributed by atoms with Crippen LogP contribution in [0.1, 0.15) is 24.3 Å². The van der Waals surface area contributed by atoms with Crippen molar-refractivity contribution in [1.82, 2.24) is 9.80 Å². The van der Waals surface area contributed by atoms with Gasteiger partial charge < -0.3 is 9.80 Å². The Kier molecular flexibility index (Phi) is 3.74. The Labute approximate surface area is 119 Å². The van der Waals surface area contributed by atoms with Crippen LogP contribution in [0.25, 0.3) is 0 Å². The Morgan fingerprint density at radius 1 is 1.15 bits per heavy atom. The van der Waals surface area contributed by atoms with Crippen molar-refractivity contribution in [2.45, 2.75) is 18.8 Å². The normalized spacial score (nSPS) is 21.8. The summed E-state index contributed by atoms with van der Waals surface area (Å²) < 4.78 is 13.1. The van der Waals surface area contributed by atoms with Gasteiger partial charge in [0.1, 0.15) is 5.82 Å². The maximum atomic E-state index is 13.1. The van der Waals surface area contributed by atoms with Crippen molar-refractivity contribution in [3.8, 4) is 0 Å². The number of halogens is 1. The summed E-state index contributed by atoms with van der Waals surface area (Å²) in [4.78, 5) is 17.0. The number of piperazine rings is 1. The standard InChI is InChI=1S/C16H21FN2O/c1-18-8-10-19(11-9-18)16(20)15(12-2-3-12)13-4-6-14(17)7-5-13/h4-7,12,15H,2-3,8-11H2,1H3. The van der Waals surface area contributed by atoms with Gasteiger partial charge in [-0.25, -0.2) is 4.39 Å². The maximum Gasteiger partial charge on any atom is 0.230 e. The summed E-state index contributed by atoms with van der Waals surface area (Å²) in [7, 11) is 2.08. The van der Waals surface area contributed by atoms with E-state index in [1.807, 2.05) is 4.90 Å². The molecule has 2 aliphatic rings. The molecule has 0 radical (unpaired) electrons. The summed E-state index contributed by atoms with van der Waals surface area (Å²) in [5.41, 5.74) is 0.970. The lowest BCUT2D eigenvalue weighted by atomic mass is 9.92. The van der Waals surface area contributed by atoms with Crippen molar-refractivity contribution in [3.05, 3.63) is 35.6 Å². The number of likely N-dealkylation sites (N-methyl/N-ethyl adjacent to an activating group) is 1. The van der Waals surface area contributed by atoms with E-state index < -0.39 is 0 Å². The first-order valence-electron chi connectivity index (χ1n) is 7.38. The van der Waals surface area contributed by atoms with Crippen LogP contribution in [0, 0.1) is 11.7 Å². The third-order valence-electron chi connectivity index (χ3n) is 4.40. The smallest absolute Gasteiger partial charge is 0.230 e. The predicted octanol–water partition coefficient (Wildman–Crippen LogP) is 2.09. The second kappa shape index (κ2) is 5.52. The fourth-order valence-corrected chi connectivity index (χ4v) is 2.94. The van der Waals surface area contributed by atoms with Crippen molar-refractivity contribution < 1.29 is 9.18 Å². The zero-order valence-corrected chi connectivity index (χ0v) is 11.9. The number of nitrogens with zero attached hydrogens (tertiary/aromatic N) is 2. The van der Waals surface area contributed by atoms with Gasteiger partial charge in [0.05, 0.1) is 5.92 Å². The molecule has 0 bridgehead atoms. The Balaban J connectivity index is 1.76. The number of hydrogen-bond donors (Lipinski definition) is 0. The van der Waals surface area contributed by atoms with Gasteiger partial charge in [-0.1, -0.05) is 12.1 Å². The summed E-state index contributed by atoms with van der Waals surface area (Å²) in [6, 6.07) is 6.46. The molecular weight excluding hydrogens is 255 g/mol. The van der Waals surface area contributed by atoms with Gasteiger partial charge in [0.25, 0.3) is 0 Å². The van der Waals surface area contributed by atoms with Gasteiger partial charge in [-0.2, -0.15) is 0 Å². The van der Waals surface area contributed by atoms with Gasteiger partial charge >= 0.3 is 0 Å². The van der Waals surface area contributed by atoms with E-state index in [4.69, 9.17) is 0 Å². The Hall–Kier alpha value is -1.42. The molecule has 1 amide bonds. The molecule has 1 aromatic rings. The van der Waals surface area contributed by atoms with Crippen LogP contribution in [0.3, 0.4) is 0 Å². The molecule has 1 aliphatic heterocycles. The zero-order valence-electron chi connectivity index (χ0n) is 11.9. The van der Waals surface area contributed by atoms with Gasteiger partial charge in [0.15, 0.2) is 0 Å². The molecule has 1 aromatic carbocycles. The minimum atomic E-state index is -0.240. The highest BCUT2D eigenvalue weighted by molar-refractivity contribution is 5.84. The maximum absolute atomic E-state index is 13.1. The molecule has 1 saturated carbocycles. The number of carbonyl (C=O) groups is 1. The summed E-state index contributed by atoms with van der Waals surface area (Å²) in [5, 5.41) is 0.